The monoisotopic (exact) mass is 288 g/mol. The summed E-state index contributed by atoms with van der Waals surface area (Å²) in [6, 6.07) is 5.77. The van der Waals surface area contributed by atoms with Crippen LogP contribution in [0.1, 0.15) is 36.5 Å². The van der Waals surface area contributed by atoms with Gasteiger partial charge in [-0.1, -0.05) is 6.42 Å². The zero-order chi connectivity index (χ0) is 14.7. The maximum Gasteiger partial charge on any atom is 0.159 e. The first-order chi connectivity index (χ1) is 10.2. The van der Waals surface area contributed by atoms with Crippen LogP contribution in [-0.2, 0) is 0 Å². The number of rotatable bonds is 4. The molecule has 0 bridgehead atoms. The van der Waals surface area contributed by atoms with E-state index in [4.69, 9.17) is 4.74 Å². The molecule has 1 aromatic rings. The maximum atomic E-state index is 11.6. The number of hydrogen-bond acceptors (Lipinski definition) is 4. The SMILES string of the molecule is CC(=O)c1ccc2c(c1)N(CCN1CCCCC1)CCO2. The lowest BCUT2D eigenvalue weighted by Crippen LogP contribution is -2.41. The van der Waals surface area contributed by atoms with Gasteiger partial charge in [0, 0.05) is 18.7 Å². The molecule has 0 aliphatic carbocycles. The molecule has 1 saturated heterocycles. The smallest absolute Gasteiger partial charge is 0.159 e. The van der Waals surface area contributed by atoms with Crippen LogP contribution >= 0.6 is 0 Å². The average molecular weight is 288 g/mol. The topological polar surface area (TPSA) is 32.8 Å². The molecule has 4 heteroatoms. The molecule has 0 N–H and O–H groups in total. The molecule has 0 radical (unpaired) electrons. The van der Waals surface area contributed by atoms with Gasteiger partial charge in [0.25, 0.3) is 0 Å². The summed E-state index contributed by atoms with van der Waals surface area (Å²) in [6.45, 7) is 7.81. The van der Waals surface area contributed by atoms with E-state index in [0.717, 1.165) is 43.2 Å². The summed E-state index contributed by atoms with van der Waals surface area (Å²) in [6.07, 6.45) is 4.03. The molecule has 1 aromatic carbocycles. The van der Waals surface area contributed by atoms with Crippen LogP contribution in [0.3, 0.4) is 0 Å². The van der Waals surface area contributed by atoms with Crippen LogP contribution in [0.15, 0.2) is 18.2 Å². The van der Waals surface area contributed by atoms with Crippen LogP contribution < -0.4 is 9.64 Å². The molecule has 3 rings (SSSR count). The zero-order valence-electron chi connectivity index (χ0n) is 12.8. The lowest BCUT2D eigenvalue weighted by molar-refractivity contribution is 0.101. The number of likely N-dealkylation sites (tertiary alicyclic amines) is 1. The summed E-state index contributed by atoms with van der Waals surface area (Å²) in [5.74, 6) is 1.02. The Bertz CT molecular complexity index is 510. The number of carbonyl (C=O) groups is 1. The fourth-order valence-corrected chi connectivity index (χ4v) is 3.17. The second-order valence-corrected chi connectivity index (χ2v) is 5.98. The van der Waals surface area contributed by atoms with Crippen LogP contribution in [0.5, 0.6) is 5.75 Å². The number of ketones is 1. The Balaban J connectivity index is 1.69. The number of anilines is 1. The zero-order valence-corrected chi connectivity index (χ0v) is 12.8. The molecule has 0 atom stereocenters. The molecule has 0 spiro atoms. The van der Waals surface area contributed by atoms with Gasteiger partial charge >= 0.3 is 0 Å². The molecule has 114 valence electrons. The minimum atomic E-state index is 0.111. The molecule has 0 amide bonds. The molecule has 2 aliphatic rings. The van der Waals surface area contributed by atoms with Crippen molar-refractivity contribution in [2.75, 3.05) is 44.2 Å². The van der Waals surface area contributed by atoms with E-state index in [1.807, 2.05) is 18.2 Å². The lowest BCUT2D eigenvalue weighted by Gasteiger charge is -2.34. The minimum Gasteiger partial charge on any atom is -0.490 e. The Morgan fingerprint density at radius 1 is 1.14 bits per heavy atom. The van der Waals surface area contributed by atoms with E-state index in [0.29, 0.717) is 0 Å². The molecular formula is C17H24N2O2. The van der Waals surface area contributed by atoms with Crippen molar-refractivity contribution in [1.29, 1.82) is 0 Å². The Hall–Kier alpha value is -1.55. The number of Topliss-reactive ketones (excluding diaryl/α,β-unsaturated/α-hetero) is 1. The predicted molar refractivity (Wildman–Crippen MR) is 84.4 cm³/mol. The van der Waals surface area contributed by atoms with Gasteiger partial charge in [0.1, 0.15) is 12.4 Å². The molecule has 0 unspecified atom stereocenters. The Kier molecular flexibility index (Phi) is 4.44. The Labute approximate surface area is 126 Å². The average Bonchev–Trinajstić information content (AvgIpc) is 2.53. The summed E-state index contributed by atoms with van der Waals surface area (Å²) in [4.78, 5) is 16.5. The normalized spacial score (nSPS) is 19.0. The standard InChI is InChI=1S/C17H24N2O2/c1-14(20)15-5-6-17-16(13-15)19(11-12-21-17)10-9-18-7-3-2-4-8-18/h5-6,13H,2-4,7-12H2,1H3. The fraction of sp³-hybridized carbons (Fsp3) is 0.588. The summed E-state index contributed by atoms with van der Waals surface area (Å²) in [7, 11) is 0. The molecule has 21 heavy (non-hydrogen) atoms. The van der Waals surface area contributed by atoms with Crippen molar-refractivity contribution in [3.05, 3.63) is 23.8 Å². The van der Waals surface area contributed by atoms with Gasteiger partial charge in [0.15, 0.2) is 5.78 Å². The van der Waals surface area contributed by atoms with Gasteiger partial charge in [-0.05, 0) is 51.1 Å². The van der Waals surface area contributed by atoms with Crippen molar-refractivity contribution >= 4 is 11.5 Å². The van der Waals surface area contributed by atoms with Crippen LogP contribution in [0.2, 0.25) is 0 Å². The molecule has 0 saturated carbocycles. The third kappa shape index (κ3) is 3.38. The molecule has 0 aromatic heterocycles. The lowest BCUT2D eigenvalue weighted by atomic mass is 10.1. The number of fused-ring (bicyclic) bond motifs is 1. The van der Waals surface area contributed by atoms with E-state index < -0.39 is 0 Å². The van der Waals surface area contributed by atoms with E-state index in [9.17, 15) is 4.79 Å². The number of carbonyl (C=O) groups excluding carboxylic acids is 1. The van der Waals surface area contributed by atoms with Crippen molar-refractivity contribution in [2.45, 2.75) is 26.2 Å². The summed E-state index contributed by atoms with van der Waals surface area (Å²) in [5.41, 5.74) is 1.84. The van der Waals surface area contributed by atoms with Gasteiger partial charge in [-0.3, -0.25) is 4.79 Å². The predicted octanol–water partition coefficient (Wildman–Crippen LogP) is 2.57. The van der Waals surface area contributed by atoms with Crippen molar-refractivity contribution < 1.29 is 9.53 Å². The van der Waals surface area contributed by atoms with Crippen molar-refractivity contribution in [3.8, 4) is 5.75 Å². The number of piperidine rings is 1. The third-order valence-electron chi connectivity index (χ3n) is 4.46. The number of nitrogens with zero attached hydrogens (tertiary/aromatic N) is 2. The van der Waals surface area contributed by atoms with E-state index in [-0.39, 0.29) is 5.78 Å². The highest BCUT2D eigenvalue weighted by Gasteiger charge is 2.20. The summed E-state index contributed by atoms with van der Waals surface area (Å²) >= 11 is 0. The van der Waals surface area contributed by atoms with Crippen LogP contribution in [0.25, 0.3) is 0 Å². The third-order valence-corrected chi connectivity index (χ3v) is 4.46. The summed E-state index contributed by atoms with van der Waals surface area (Å²) in [5, 5.41) is 0. The van der Waals surface area contributed by atoms with Crippen molar-refractivity contribution in [3.63, 3.8) is 0 Å². The number of ether oxygens (including phenoxy) is 1. The second-order valence-electron chi connectivity index (χ2n) is 5.98. The van der Waals surface area contributed by atoms with E-state index in [1.54, 1.807) is 6.92 Å². The van der Waals surface area contributed by atoms with Crippen LogP contribution in [0, 0.1) is 0 Å². The van der Waals surface area contributed by atoms with Gasteiger partial charge in [-0.25, -0.2) is 0 Å². The first-order valence-electron chi connectivity index (χ1n) is 7.99. The highest BCUT2D eigenvalue weighted by atomic mass is 16.5. The van der Waals surface area contributed by atoms with E-state index in [2.05, 4.69) is 9.80 Å². The van der Waals surface area contributed by atoms with Gasteiger partial charge < -0.3 is 14.5 Å². The van der Waals surface area contributed by atoms with Crippen molar-refractivity contribution in [1.82, 2.24) is 4.90 Å². The molecule has 4 nitrogen and oxygen atoms in total. The van der Waals surface area contributed by atoms with Crippen LogP contribution in [-0.4, -0.2) is 50.0 Å². The van der Waals surface area contributed by atoms with Gasteiger partial charge in [-0.2, -0.15) is 0 Å². The summed E-state index contributed by atoms with van der Waals surface area (Å²) < 4.78 is 5.71. The first-order valence-corrected chi connectivity index (χ1v) is 7.99. The minimum absolute atomic E-state index is 0.111. The molecular weight excluding hydrogens is 264 g/mol. The Morgan fingerprint density at radius 2 is 1.95 bits per heavy atom. The van der Waals surface area contributed by atoms with E-state index in [1.165, 1.54) is 32.4 Å². The number of hydrogen-bond donors (Lipinski definition) is 0. The largest absolute Gasteiger partial charge is 0.490 e. The molecule has 1 fully saturated rings. The fourth-order valence-electron chi connectivity index (χ4n) is 3.17. The van der Waals surface area contributed by atoms with E-state index >= 15 is 0 Å². The quantitative estimate of drug-likeness (QED) is 0.797. The maximum absolute atomic E-state index is 11.6. The van der Waals surface area contributed by atoms with Gasteiger partial charge in [0.05, 0.1) is 12.2 Å². The van der Waals surface area contributed by atoms with Gasteiger partial charge in [-0.15, -0.1) is 0 Å². The van der Waals surface area contributed by atoms with Gasteiger partial charge in [0.2, 0.25) is 0 Å². The second kappa shape index (κ2) is 6.48. The molecule has 2 heterocycles. The van der Waals surface area contributed by atoms with Crippen LogP contribution in [0.4, 0.5) is 5.69 Å². The number of benzene rings is 1. The Morgan fingerprint density at radius 3 is 2.71 bits per heavy atom. The highest BCUT2D eigenvalue weighted by molar-refractivity contribution is 5.95. The molecule has 2 aliphatic heterocycles. The van der Waals surface area contributed by atoms with Crippen molar-refractivity contribution in [2.24, 2.45) is 0 Å². The highest BCUT2D eigenvalue weighted by Crippen LogP contribution is 2.32. The first kappa shape index (κ1) is 14.4.